The highest BCUT2D eigenvalue weighted by molar-refractivity contribution is 7.27. The predicted octanol–water partition coefficient (Wildman–Crippen LogP) is 9.24. The van der Waals surface area contributed by atoms with Gasteiger partial charge in [0.15, 0.2) is 0 Å². The third-order valence-corrected chi connectivity index (χ3v) is 7.40. The Labute approximate surface area is 212 Å². The zero-order valence-electron chi connectivity index (χ0n) is 19.6. The molecule has 0 aliphatic carbocycles. The molecule has 1 unspecified atom stereocenters. The fourth-order valence-corrected chi connectivity index (χ4v) is 5.29. The Bertz CT molecular complexity index is 1880. The zero-order chi connectivity index (χ0) is 24.1. The Morgan fingerprint density at radius 3 is 1.69 bits per heavy atom. The van der Waals surface area contributed by atoms with Crippen molar-refractivity contribution in [3.63, 3.8) is 0 Å². The summed E-state index contributed by atoms with van der Waals surface area (Å²) >= 11 is 0. The Hall–Kier alpha value is -4.19. The van der Waals surface area contributed by atoms with Crippen LogP contribution in [0, 0.1) is 0 Å². The minimum absolute atomic E-state index is 0.928. The van der Waals surface area contributed by atoms with Gasteiger partial charge in [-0.25, -0.2) is 0 Å². The van der Waals surface area contributed by atoms with Crippen LogP contribution in [0.25, 0.3) is 66.1 Å². The van der Waals surface area contributed by atoms with E-state index in [4.69, 9.17) is 4.42 Å². The second-order valence-corrected chi connectivity index (χ2v) is 9.92. The van der Waals surface area contributed by atoms with Crippen molar-refractivity contribution < 1.29 is 4.42 Å². The topological polar surface area (TPSA) is 13.1 Å². The lowest BCUT2D eigenvalue weighted by atomic mass is 9.96. The number of rotatable bonds is 3. The van der Waals surface area contributed by atoms with E-state index in [1.807, 2.05) is 12.1 Å². The second kappa shape index (κ2) is 8.48. The summed E-state index contributed by atoms with van der Waals surface area (Å²) in [5, 5.41) is 6.01. The molecular formula is C34H23OP. The molecule has 0 aliphatic heterocycles. The van der Waals surface area contributed by atoms with Crippen molar-refractivity contribution >= 4 is 47.3 Å². The molecule has 1 nitrogen and oxygen atoms in total. The quantitative estimate of drug-likeness (QED) is 0.231. The minimum atomic E-state index is 0.928. The van der Waals surface area contributed by atoms with Crippen LogP contribution in [0.4, 0.5) is 0 Å². The number of hydrogen-bond donors (Lipinski definition) is 0. The van der Waals surface area contributed by atoms with Gasteiger partial charge in [-0.05, 0) is 62.1 Å². The van der Waals surface area contributed by atoms with E-state index in [-0.39, 0.29) is 0 Å². The van der Waals surface area contributed by atoms with Crippen LogP contribution in [0.2, 0.25) is 0 Å². The monoisotopic (exact) mass is 478 g/mol. The van der Waals surface area contributed by atoms with Crippen LogP contribution in [0.3, 0.4) is 0 Å². The lowest BCUT2D eigenvalue weighted by Crippen LogP contribution is -1.88. The van der Waals surface area contributed by atoms with Gasteiger partial charge < -0.3 is 4.42 Å². The summed E-state index contributed by atoms with van der Waals surface area (Å²) in [5.41, 5.74) is 9.05. The van der Waals surface area contributed by atoms with Gasteiger partial charge in [-0.3, -0.25) is 0 Å². The van der Waals surface area contributed by atoms with Gasteiger partial charge in [0.05, 0.1) is 0 Å². The third-order valence-electron chi connectivity index (χ3n) is 7.02. The highest BCUT2D eigenvalue weighted by Gasteiger charge is 2.12. The molecule has 1 heterocycles. The lowest BCUT2D eigenvalue weighted by Gasteiger charge is -2.09. The molecule has 0 saturated carbocycles. The van der Waals surface area contributed by atoms with Gasteiger partial charge in [-0.15, -0.1) is 9.24 Å². The Morgan fingerprint density at radius 2 is 1.00 bits per heavy atom. The minimum Gasteiger partial charge on any atom is -0.455 e. The smallest absolute Gasteiger partial charge is 0.143 e. The Kier molecular flexibility index (Phi) is 4.98. The lowest BCUT2D eigenvalue weighted by molar-refractivity contribution is 0.670. The molecule has 0 saturated heterocycles. The largest absolute Gasteiger partial charge is 0.455 e. The van der Waals surface area contributed by atoms with Gasteiger partial charge in [-0.1, -0.05) is 109 Å². The first-order valence-corrected chi connectivity index (χ1v) is 12.7. The first-order chi connectivity index (χ1) is 17.7. The molecule has 1 atom stereocenters. The molecular weight excluding hydrogens is 455 g/mol. The first kappa shape index (κ1) is 21.1. The molecule has 0 aliphatic rings. The van der Waals surface area contributed by atoms with Crippen LogP contribution < -0.4 is 5.30 Å². The molecule has 6 aromatic carbocycles. The number of benzene rings is 6. The molecule has 7 rings (SSSR count). The molecule has 170 valence electrons. The fourth-order valence-electron chi connectivity index (χ4n) is 5.10. The maximum absolute atomic E-state index is 6.25. The van der Waals surface area contributed by atoms with E-state index in [2.05, 4.69) is 125 Å². The number of furan rings is 1. The van der Waals surface area contributed by atoms with Crippen LogP contribution in [-0.2, 0) is 0 Å². The maximum atomic E-state index is 6.25. The van der Waals surface area contributed by atoms with E-state index in [0.717, 1.165) is 33.1 Å². The fraction of sp³-hybridized carbons (Fsp3) is 0. The van der Waals surface area contributed by atoms with Crippen molar-refractivity contribution in [3.05, 3.63) is 127 Å². The van der Waals surface area contributed by atoms with Crippen molar-refractivity contribution in [2.45, 2.75) is 0 Å². The summed E-state index contributed by atoms with van der Waals surface area (Å²) in [4.78, 5) is 0. The maximum Gasteiger partial charge on any atom is 0.143 e. The summed E-state index contributed by atoms with van der Waals surface area (Å²) in [6, 6.07) is 45.4. The van der Waals surface area contributed by atoms with E-state index in [1.165, 1.54) is 38.3 Å². The molecule has 0 amide bonds. The molecule has 2 heteroatoms. The van der Waals surface area contributed by atoms with E-state index in [1.54, 1.807) is 0 Å². The van der Waals surface area contributed by atoms with Crippen molar-refractivity contribution in [3.8, 4) is 33.4 Å². The SMILES string of the molecule is Pc1ccc(-c2ccc3cc(-c4ccc(-c5cccc6c5oc5ccccc56)cc4)ccc3c2)cc1. The zero-order valence-corrected chi connectivity index (χ0v) is 20.8. The van der Waals surface area contributed by atoms with E-state index < -0.39 is 0 Å². The van der Waals surface area contributed by atoms with Gasteiger partial charge in [0.25, 0.3) is 0 Å². The highest BCUT2D eigenvalue weighted by atomic mass is 31.0. The summed E-state index contributed by atoms with van der Waals surface area (Å²) in [6.07, 6.45) is 0. The van der Waals surface area contributed by atoms with Crippen molar-refractivity contribution in [2.24, 2.45) is 0 Å². The highest BCUT2D eigenvalue weighted by Crippen LogP contribution is 2.36. The average molecular weight is 479 g/mol. The van der Waals surface area contributed by atoms with E-state index in [9.17, 15) is 0 Å². The molecule has 0 bridgehead atoms. The van der Waals surface area contributed by atoms with Gasteiger partial charge in [0.2, 0.25) is 0 Å². The predicted molar refractivity (Wildman–Crippen MR) is 157 cm³/mol. The van der Waals surface area contributed by atoms with Gasteiger partial charge >= 0.3 is 0 Å². The van der Waals surface area contributed by atoms with Gasteiger partial charge in [0.1, 0.15) is 11.2 Å². The van der Waals surface area contributed by atoms with E-state index in [0.29, 0.717) is 0 Å². The Morgan fingerprint density at radius 1 is 0.444 bits per heavy atom. The molecule has 0 N–H and O–H groups in total. The third kappa shape index (κ3) is 3.61. The number of hydrogen-bond acceptors (Lipinski definition) is 1. The summed E-state index contributed by atoms with van der Waals surface area (Å²) in [5.74, 6) is 0. The van der Waals surface area contributed by atoms with Crippen LogP contribution in [0.5, 0.6) is 0 Å². The summed E-state index contributed by atoms with van der Waals surface area (Å²) in [7, 11) is 2.74. The van der Waals surface area contributed by atoms with Crippen molar-refractivity contribution in [2.75, 3.05) is 0 Å². The molecule has 36 heavy (non-hydrogen) atoms. The van der Waals surface area contributed by atoms with Gasteiger partial charge in [-0.2, -0.15) is 0 Å². The van der Waals surface area contributed by atoms with Crippen molar-refractivity contribution in [1.29, 1.82) is 0 Å². The molecule has 0 spiro atoms. The molecule has 7 aromatic rings. The Balaban J connectivity index is 1.23. The summed E-state index contributed by atoms with van der Waals surface area (Å²) in [6.45, 7) is 0. The molecule has 0 fully saturated rings. The average Bonchev–Trinajstić information content (AvgIpc) is 3.32. The van der Waals surface area contributed by atoms with Crippen LogP contribution >= 0.6 is 9.24 Å². The number of fused-ring (bicyclic) bond motifs is 4. The van der Waals surface area contributed by atoms with Crippen molar-refractivity contribution in [1.82, 2.24) is 0 Å². The van der Waals surface area contributed by atoms with Crippen LogP contribution in [0.1, 0.15) is 0 Å². The number of para-hydroxylation sites is 2. The van der Waals surface area contributed by atoms with Crippen LogP contribution in [0.15, 0.2) is 132 Å². The second-order valence-electron chi connectivity index (χ2n) is 9.26. The summed E-state index contributed by atoms with van der Waals surface area (Å²) < 4.78 is 6.25. The van der Waals surface area contributed by atoms with Crippen LogP contribution in [-0.4, -0.2) is 0 Å². The first-order valence-electron chi connectivity index (χ1n) is 12.1. The normalized spacial score (nSPS) is 11.5. The standard InChI is InChI=1S/C34H23OP/c36-29-18-16-23(17-19-29)26-13-15-27-20-25(12-14-28(27)21-26)22-8-10-24(11-9-22)30-5-3-6-32-31-4-1-2-7-33(31)35-34(30)32/h1-21H,36H2. The molecule has 1 aromatic heterocycles. The molecule has 0 radical (unpaired) electrons. The van der Waals surface area contributed by atoms with Gasteiger partial charge in [0, 0.05) is 16.3 Å². The van der Waals surface area contributed by atoms with E-state index >= 15 is 0 Å².